The van der Waals surface area contributed by atoms with E-state index in [9.17, 15) is 4.79 Å². The number of nitrogens with two attached hydrogens (primary N) is 1. The molecule has 0 spiro atoms. The number of nitrogen functional groups attached to an aromatic ring is 1. The molecule has 0 aliphatic carbocycles. The molecule has 76 valence electrons. The molecule has 0 bridgehead atoms. The molecule has 0 aliphatic heterocycles. The van der Waals surface area contributed by atoms with Crippen molar-refractivity contribution in [2.24, 2.45) is 0 Å². The zero-order valence-electron chi connectivity index (χ0n) is 7.44. The summed E-state index contributed by atoms with van der Waals surface area (Å²) in [4.78, 5) is 23.7. The minimum absolute atomic E-state index is 0.210. The average Bonchev–Trinajstić information content (AvgIpc) is 2.14. The van der Waals surface area contributed by atoms with Gasteiger partial charge >= 0.3 is 5.97 Å². The van der Waals surface area contributed by atoms with Gasteiger partial charge in [-0.05, 0) is 13.0 Å². The lowest BCUT2D eigenvalue weighted by Crippen LogP contribution is -2.10. The van der Waals surface area contributed by atoms with Crippen LogP contribution in [0.1, 0.15) is 17.3 Å². The molecule has 0 aliphatic rings. The molecule has 0 amide bonds. The van der Waals surface area contributed by atoms with Crippen LogP contribution in [0.5, 0.6) is 0 Å². The lowest BCUT2D eigenvalue weighted by atomic mass is 10.3. The molecule has 0 saturated heterocycles. The summed E-state index contributed by atoms with van der Waals surface area (Å²) in [6.45, 7) is 1.52. The maximum atomic E-state index is 11.2. The number of hydrogen-bond acceptors (Lipinski definition) is 5. The van der Waals surface area contributed by atoms with Gasteiger partial charge in [0.1, 0.15) is 0 Å². The Balaban J connectivity index is 2.61. The average molecular weight is 217 g/mol. The second-order valence-electron chi connectivity index (χ2n) is 2.52. The highest BCUT2D eigenvalue weighted by Crippen LogP contribution is 2.07. The largest absolute Gasteiger partial charge is 0.397 e. The van der Waals surface area contributed by atoms with Gasteiger partial charge < -0.3 is 5.73 Å². The van der Waals surface area contributed by atoms with Gasteiger partial charge in [-0.1, -0.05) is 11.6 Å². The van der Waals surface area contributed by atoms with Crippen molar-refractivity contribution in [3.8, 4) is 0 Å². The van der Waals surface area contributed by atoms with Crippen LogP contribution in [0.15, 0.2) is 18.5 Å². The van der Waals surface area contributed by atoms with E-state index in [0.717, 1.165) is 0 Å². The Labute approximate surface area is 85.7 Å². The molecule has 14 heavy (non-hydrogen) atoms. The number of carbonyl (C=O) groups excluding carboxylic acids is 1. The summed E-state index contributed by atoms with van der Waals surface area (Å²) >= 11 is 5.40. The van der Waals surface area contributed by atoms with E-state index in [1.54, 1.807) is 0 Å². The van der Waals surface area contributed by atoms with Crippen molar-refractivity contribution in [3.63, 3.8) is 0 Å². The number of halogens is 1. The first kappa shape index (κ1) is 10.7. The van der Waals surface area contributed by atoms with Crippen LogP contribution in [-0.2, 0) is 9.78 Å². The predicted octanol–water partition coefficient (Wildman–Crippen LogP) is 1.34. The van der Waals surface area contributed by atoms with Crippen LogP contribution in [0.3, 0.4) is 0 Å². The molecule has 0 fully saturated rings. The molecule has 1 atom stereocenters. The van der Waals surface area contributed by atoms with Gasteiger partial charge in [-0.25, -0.2) is 4.79 Å². The quantitative estimate of drug-likeness (QED) is 0.469. The van der Waals surface area contributed by atoms with E-state index in [1.165, 1.54) is 25.4 Å². The minimum atomic E-state index is -0.701. The summed E-state index contributed by atoms with van der Waals surface area (Å²) in [6.07, 6.45) is 2.74. The van der Waals surface area contributed by atoms with E-state index in [4.69, 9.17) is 17.3 Å². The van der Waals surface area contributed by atoms with Crippen molar-refractivity contribution in [2.75, 3.05) is 5.73 Å². The van der Waals surface area contributed by atoms with E-state index < -0.39 is 11.5 Å². The van der Waals surface area contributed by atoms with Gasteiger partial charge in [0.15, 0.2) is 5.56 Å². The summed E-state index contributed by atoms with van der Waals surface area (Å²) in [6, 6.07) is 1.43. The van der Waals surface area contributed by atoms with Gasteiger partial charge in [0.2, 0.25) is 0 Å². The third kappa shape index (κ3) is 3.20. The summed E-state index contributed by atoms with van der Waals surface area (Å²) in [5.41, 5.74) is 5.30. The maximum absolute atomic E-state index is 11.2. The van der Waals surface area contributed by atoms with Gasteiger partial charge in [-0.15, -0.1) is 0 Å². The molecule has 1 rings (SSSR count). The highest BCUT2D eigenvalue weighted by Gasteiger charge is 2.10. The fourth-order valence-electron chi connectivity index (χ4n) is 0.727. The minimum Gasteiger partial charge on any atom is -0.397 e. The Hall–Kier alpha value is -1.33. The number of hydrogen-bond donors (Lipinski definition) is 1. The van der Waals surface area contributed by atoms with Crippen LogP contribution in [0.25, 0.3) is 0 Å². The monoisotopic (exact) mass is 216 g/mol. The highest BCUT2D eigenvalue weighted by molar-refractivity contribution is 6.19. The number of carbonyl (C=O) groups is 1. The second kappa shape index (κ2) is 4.78. The molecule has 6 heteroatoms. The molecule has 1 unspecified atom stereocenters. The van der Waals surface area contributed by atoms with E-state index >= 15 is 0 Å². The predicted molar refractivity (Wildman–Crippen MR) is 50.5 cm³/mol. The van der Waals surface area contributed by atoms with Crippen molar-refractivity contribution < 1.29 is 14.6 Å². The SMILES string of the molecule is CC(Cl)OOC(=O)c1cncc(N)c1. The zero-order valence-corrected chi connectivity index (χ0v) is 8.19. The fraction of sp³-hybridized carbons (Fsp3) is 0.250. The Kier molecular flexibility index (Phi) is 3.67. The van der Waals surface area contributed by atoms with Crippen LogP contribution in [0.4, 0.5) is 5.69 Å². The Morgan fingerprint density at radius 2 is 2.36 bits per heavy atom. The molecule has 0 radical (unpaired) electrons. The molecular weight excluding hydrogens is 208 g/mol. The Morgan fingerprint density at radius 3 is 2.93 bits per heavy atom. The standard InChI is InChI=1S/C8H9ClN2O3/c1-5(9)13-14-8(12)6-2-7(10)4-11-3-6/h2-5H,10H2,1H3. The van der Waals surface area contributed by atoms with Gasteiger partial charge in [0.25, 0.3) is 0 Å². The van der Waals surface area contributed by atoms with E-state index in [0.29, 0.717) is 5.69 Å². The molecule has 0 aromatic carbocycles. The van der Waals surface area contributed by atoms with Crippen LogP contribution < -0.4 is 5.73 Å². The van der Waals surface area contributed by atoms with Crippen LogP contribution in [0.2, 0.25) is 0 Å². The third-order valence-electron chi connectivity index (χ3n) is 1.25. The van der Waals surface area contributed by atoms with Gasteiger partial charge in [-0.3, -0.25) is 9.87 Å². The summed E-state index contributed by atoms with van der Waals surface area (Å²) in [5, 5.41) is 0. The van der Waals surface area contributed by atoms with Crippen molar-refractivity contribution in [2.45, 2.75) is 12.5 Å². The van der Waals surface area contributed by atoms with Crippen LogP contribution >= 0.6 is 11.6 Å². The first-order valence-corrected chi connectivity index (χ1v) is 4.25. The van der Waals surface area contributed by atoms with E-state index in [-0.39, 0.29) is 5.56 Å². The van der Waals surface area contributed by atoms with Crippen molar-refractivity contribution in [3.05, 3.63) is 24.0 Å². The number of rotatable bonds is 3. The smallest absolute Gasteiger partial charge is 0.374 e. The van der Waals surface area contributed by atoms with Crippen molar-refractivity contribution >= 4 is 23.3 Å². The molecule has 1 heterocycles. The van der Waals surface area contributed by atoms with Crippen molar-refractivity contribution in [1.82, 2.24) is 4.98 Å². The first-order chi connectivity index (χ1) is 6.59. The fourth-order valence-corrected chi connectivity index (χ4v) is 0.764. The lowest BCUT2D eigenvalue weighted by molar-refractivity contribution is -0.249. The third-order valence-corrected chi connectivity index (χ3v) is 1.32. The van der Waals surface area contributed by atoms with E-state index in [2.05, 4.69) is 14.8 Å². The zero-order chi connectivity index (χ0) is 10.6. The van der Waals surface area contributed by atoms with Gasteiger partial charge in [0.05, 0.1) is 11.3 Å². The van der Waals surface area contributed by atoms with Crippen LogP contribution in [-0.4, -0.2) is 16.5 Å². The number of aromatic nitrogens is 1. The maximum Gasteiger partial charge on any atom is 0.374 e. The topological polar surface area (TPSA) is 74.4 Å². The normalized spacial score (nSPS) is 12.1. The number of nitrogens with zero attached hydrogens (tertiary/aromatic N) is 1. The Morgan fingerprint density at radius 1 is 1.64 bits per heavy atom. The van der Waals surface area contributed by atoms with Gasteiger partial charge in [-0.2, -0.15) is 4.89 Å². The van der Waals surface area contributed by atoms with E-state index in [1.807, 2.05) is 0 Å². The van der Waals surface area contributed by atoms with Crippen molar-refractivity contribution in [1.29, 1.82) is 0 Å². The highest BCUT2D eigenvalue weighted by atomic mass is 35.5. The first-order valence-electron chi connectivity index (χ1n) is 3.82. The number of alkyl halides is 1. The summed E-state index contributed by atoms with van der Waals surface area (Å²) in [7, 11) is 0. The summed E-state index contributed by atoms with van der Waals surface area (Å²) < 4.78 is 0. The lowest BCUT2D eigenvalue weighted by Gasteiger charge is -2.04. The molecule has 5 nitrogen and oxygen atoms in total. The molecule has 0 saturated carbocycles. The molecule has 1 aromatic heterocycles. The van der Waals surface area contributed by atoms with Gasteiger partial charge in [0, 0.05) is 12.4 Å². The number of anilines is 1. The molecule has 2 N–H and O–H groups in total. The van der Waals surface area contributed by atoms with Crippen LogP contribution in [0, 0.1) is 0 Å². The molecule has 1 aromatic rings. The number of pyridine rings is 1. The second-order valence-corrected chi connectivity index (χ2v) is 3.13. The summed E-state index contributed by atoms with van der Waals surface area (Å²) in [5.74, 6) is -0.683. The molecular formula is C8H9ClN2O3. The Bertz CT molecular complexity index is 330.